The zero-order valence-electron chi connectivity index (χ0n) is 8.93. The minimum atomic E-state index is 0.316. The van der Waals surface area contributed by atoms with E-state index in [2.05, 4.69) is 33.8 Å². The maximum absolute atomic E-state index is 5.81. The average molecular weight is 169 g/mol. The van der Waals surface area contributed by atoms with Crippen LogP contribution in [0.25, 0.3) is 0 Å². The van der Waals surface area contributed by atoms with Crippen molar-refractivity contribution in [1.82, 2.24) is 0 Å². The summed E-state index contributed by atoms with van der Waals surface area (Å²) in [4.78, 5) is 0. The van der Waals surface area contributed by atoms with Crippen molar-refractivity contribution in [1.29, 1.82) is 0 Å². The lowest BCUT2D eigenvalue weighted by atomic mass is 9.94. The van der Waals surface area contributed by atoms with Gasteiger partial charge in [0, 0.05) is 6.04 Å². The molecule has 2 atom stereocenters. The molecule has 0 fully saturated rings. The van der Waals surface area contributed by atoms with Crippen molar-refractivity contribution >= 4 is 0 Å². The fraction of sp³-hybridized carbons (Fsp3) is 0.818. The van der Waals surface area contributed by atoms with Crippen LogP contribution in [-0.4, -0.2) is 6.04 Å². The minimum absolute atomic E-state index is 0.316. The number of allylic oxidation sites excluding steroid dienone is 2. The molecular weight excluding hydrogens is 146 g/mol. The number of rotatable bonds is 5. The third-order valence-corrected chi connectivity index (χ3v) is 2.43. The highest BCUT2D eigenvalue weighted by atomic mass is 14.6. The lowest BCUT2D eigenvalue weighted by Gasteiger charge is -2.16. The van der Waals surface area contributed by atoms with Gasteiger partial charge in [-0.25, -0.2) is 0 Å². The number of hydrogen-bond acceptors (Lipinski definition) is 1. The van der Waals surface area contributed by atoms with Crippen LogP contribution < -0.4 is 5.73 Å². The molecule has 0 spiro atoms. The third-order valence-electron chi connectivity index (χ3n) is 2.43. The molecule has 0 aromatic rings. The van der Waals surface area contributed by atoms with Crippen molar-refractivity contribution in [3.63, 3.8) is 0 Å². The van der Waals surface area contributed by atoms with E-state index in [9.17, 15) is 0 Å². The first kappa shape index (κ1) is 11.7. The molecule has 1 nitrogen and oxygen atoms in total. The van der Waals surface area contributed by atoms with Gasteiger partial charge in [0.2, 0.25) is 0 Å². The second kappa shape index (κ2) is 6.24. The van der Waals surface area contributed by atoms with E-state index in [1.54, 1.807) is 5.57 Å². The zero-order chi connectivity index (χ0) is 9.56. The van der Waals surface area contributed by atoms with Crippen molar-refractivity contribution < 1.29 is 0 Å². The standard InChI is InChI=1S/C11H23N/c1-5-7-11(6-2)8-9(3)10(4)12/h7,9-10H,5-6,8,12H2,1-4H3/b11-7+/t9-,10?/m0/s1. The van der Waals surface area contributed by atoms with Crippen LogP contribution in [0.15, 0.2) is 11.6 Å². The molecule has 0 aliphatic carbocycles. The summed E-state index contributed by atoms with van der Waals surface area (Å²) in [5, 5.41) is 0. The van der Waals surface area contributed by atoms with E-state index >= 15 is 0 Å². The van der Waals surface area contributed by atoms with Gasteiger partial charge < -0.3 is 5.73 Å². The first-order valence-electron chi connectivity index (χ1n) is 5.05. The van der Waals surface area contributed by atoms with Gasteiger partial charge in [0.1, 0.15) is 0 Å². The van der Waals surface area contributed by atoms with Crippen LogP contribution in [-0.2, 0) is 0 Å². The first-order chi connectivity index (χ1) is 5.61. The van der Waals surface area contributed by atoms with E-state index in [1.807, 2.05) is 0 Å². The Bertz CT molecular complexity index is 136. The van der Waals surface area contributed by atoms with Crippen LogP contribution in [0.1, 0.15) is 47.0 Å². The number of nitrogens with two attached hydrogens (primary N) is 1. The molecular formula is C11H23N. The highest BCUT2D eigenvalue weighted by Gasteiger charge is 2.08. The van der Waals surface area contributed by atoms with E-state index in [0.29, 0.717) is 12.0 Å². The normalized spacial score (nSPS) is 17.6. The lowest BCUT2D eigenvalue weighted by molar-refractivity contribution is 0.475. The predicted octanol–water partition coefficient (Wildman–Crippen LogP) is 3.11. The van der Waals surface area contributed by atoms with Crippen molar-refractivity contribution in [3.8, 4) is 0 Å². The Morgan fingerprint density at radius 1 is 1.33 bits per heavy atom. The molecule has 0 saturated carbocycles. The highest BCUT2D eigenvalue weighted by molar-refractivity contribution is 5.02. The predicted molar refractivity (Wildman–Crippen MR) is 56.1 cm³/mol. The van der Waals surface area contributed by atoms with Gasteiger partial charge in [0.05, 0.1) is 0 Å². The SMILES string of the molecule is CC/C=C(\CC)C[C@H](C)C(C)N. The lowest BCUT2D eigenvalue weighted by Crippen LogP contribution is -2.24. The van der Waals surface area contributed by atoms with Crippen LogP contribution in [0, 0.1) is 5.92 Å². The largest absolute Gasteiger partial charge is 0.328 e. The van der Waals surface area contributed by atoms with E-state index in [1.165, 1.54) is 12.8 Å². The van der Waals surface area contributed by atoms with Gasteiger partial charge >= 0.3 is 0 Å². The highest BCUT2D eigenvalue weighted by Crippen LogP contribution is 2.16. The van der Waals surface area contributed by atoms with Gasteiger partial charge in [0.25, 0.3) is 0 Å². The fourth-order valence-electron chi connectivity index (χ4n) is 1.26. The molecule has 0 rings (SSSR count). The molecule has 0 aromatic carbocycles. The molecule has 12 heavy (non-hydrogen) atoms. The van der Waals surface area contributed by atoms with Gasteiger partial charge in [-0.2, -0.15) is 0 Å². The Hall–Kier alpha value is -0.300. The quantitative estimate of drug-likeness (QED) is 0.629. The van der Waals surface area contributed by atoms with Gasteiger partial charge in [0.15, 0.2) is 0 Å². The Morgan fingerprint density at radius 2 is 1.92 bits per heavy atom. The molecule has 0 bridgehead atoms. The van der Waals surface area contributed by atoms with Gasteiger partial charge in [-0.15, -0.1) is 0 Å². The zero-order valence-corrected chi connectivity index (χ0v) is 8.93. The molecule has 1 unspecified atom stereocenters. The Labute approximate surface area is 77.0 Å². The van der Waals surface area contributed by atoms with Crippen LogP contribution in [0.2, 0.25) is 0 Å². The summed E-state index contributed by atoms with van der Waals surface area (Å²) in [7, 11) is 0. The van der Waals surface area contributed by atoms with Crippen LogP contribution >= 0.6 is 0 Å². The maximum Gasteiger partial charge on any atom is 0.00391 e. The Morgan fingerprint density at radius 3 is 2.25 bits per heavy atom. The second-order valence-corrected chi connectivity index (χ2v) is 3.66. The van der Waals surface area contributed by atoms with Crippen molar-refractivity contribution in [2.75, 3.05) is 0 Å². The van der Waals surface area contributed by atoms with Crippen LogP contribution in [0.3, 0.4) is 0 Å². The minimum Gasteiger partial charge on any atom is -0.328 e. The van der Waals surface area contributed by atoms with Crippen molar-refractivity contribution in [2.24, 2.45) is 11.7 Å². The maximum atomic E-state index is 5.81. The first-order valence-corrected chi connectivity index (χ1v) is 5.05. The van der Waals surface area contributed by atoms with Crippen LogP contribution in [0.4, 0.5) is 0 Å². The third kappa shape index (κ3) is 4.55. The van der Waals surface area contributed by atoms with Gasteiger partial charge in [-0.1, -0.05) is 32.4 Å². The molecule has 0 heterocycles. The molecule has 0 aromatic heterocycles. The molecule has 2 N–H and O–H groups in total. The summed E-state index contributed by atoms with van der Waals surface area (Å²) in [6.07, 6.45) is 5.82. The van der Waals surface area contributed by atoms with E-state index in [4.69, 9.17) is 5.73 Å². The van der Waals surface area contributed by atoms with Gasteiger partial charge in [-0.3, -0.25) is 0 Å². The molecule has 72 valence electrons. The van der Waals surface area contributed by atoms with Crippen molar-refractivity contribution in [3.05, 3.63) is 11.6 Å². The molecule has 0 aliphatic heterocycles. The smallest absolute Gasteiger partial charge is 0.00391 e. The monoisotopic (exact) mass is 169 g/mol. The summed E-state index contributed by atoms with van der Waals surface area (Å²) in [5.41, 5.74) is 7.37. The van der Waals surface area contributed by atoms with Crippen molar-refractivity contribution in [2.45, 2.75) is 53.0 Å². The van der Waals surface area contributed by atoms with E-state index in [0.717, 1.165) is 6.42 Å². The average Bonchev–Trinajstić information content (AvgIpc) is 2.03. The molecule has 0 aliphatic rings. The number of hydrogen-bond donors (Lipinski definition) is 1. The second-order valence-electron chi connectivity index (χ2n) is 3.66. The summed E-state index contributed by atoms with van der Waals surface area (Å²) in [6, 6.07) is 0.316. The molecule has 0 amide bonds. The summed E-state index contributed by atoms with van der Waals surface area (Å²) < 4.78 is 0. The summed E-state index contributed by atoms with van der Waals surface area (Å²) >= 11 is 0. The van der Waals surface area contributed by atoms with E-state index < -0.39 is 0 Å². The summed E-state index contributed by atoms with van der Waals surface area (Å²) in [6.45, 7) is 8.72. The van der Waals surface area contributed by atoms with E-state index in [-0.39, 0.29) is 0 Å². The topological polar surface area (TPSA) is 26.0 Å². The van der Waals surface area contributed by atoms with Crippen LogP contribution in [0.5, 0.6) is 0 Å². The fourth-order valence-corrected chi connectivity index (χ4v) is 1.26. The molecule has 1 heteroatoms. The molecule has 0 radical (unpaired) electrons. The molecule has 0 saturated heterocycles. The Balaban J connectivity index is 3.94. The Kier molecular flexibility index (Phi) is 6.09. The summed E-state index contributed by atoms with van der Waals surface area (Å²) in [5.74, 6) is 0.614. The van der Waals surface area contributed by atoms with Gasteiger partial charge in [-0.05, 0) is 32.1 Å².